The lowest BCUT2D eigenvalue weighted by molar-refractivity contribution is -0.139. The van der Waals surface area contributed by atoms with Crippen LogP contribution in [-0.2, 0) is 14.3 Å². The molecular formula is C28H27N3O4S2. The minimum atomic E-state index is -0.714. The Bertz CT molecular complexity index is 1630. The molecule has 0 saturated carbocycles. The van der Waals surface area contributed by atoms with Crippen molar-refractivity contribution in [3.63, 3.8) is 0 Å². The Kier molecular flexibility index (Phi) is 6.68. The topological polar surface area (TPSA) is 81.0 Å². The number of hydrogen-bond acceptors (Lipinski definition) is 7. The number of thiazole rings is 1. The van der Waals surface area contributed by atoms with Gasteiger partial charge in [-0.1, -0.05) is 41.7 Å². The highest BCUT2D eigenvalue weighted by molar-refractivity contribution is 7.98. The molecule has 0 bridgehead atoms. The van der Waals surface area contributed by atoms with Gasteiger partial charge in [-0.3, -0.25) is 14.2 Å². The Morgan fingerprint density at radius 3 is 2.49 bits per heavy atom. The fraction of sp³-hybridized carbons (Fsp3) is 0.286. The predicted molar refractivity (Wildman–Crippen MR) is 147 cm³/mol. The summed E-state index contributed by atoms with van der Waals surface area (Å²) in [5.74, 6) is -0.711. The average molecular weight is 534 g/mol. The Hall–Kier alpha value is -3.43. The summed E-state index contributed by atoms with van der Waals surface area (Å²) in [6.07, 6.45) is 1.99. The SMILES string of the molecule is CCOC(=O)C1=C(C)N=c2s/c(=C3/C(=O)N(C(C)C)c4ccccc43)c(=O)n2[C@@H]1c1ccc(SC)cc1. The lowest BCUT2D eigenvalue weighted by atomic mass is 9.96. The molecule has 0 N–H and O–H groups in total. The number of rotatable bonds is 5. The van der Waals surface area contributed by atoms with Crippen molar-refractivity contribution < 1.29 is 14.3 Å². The van der Waals surface area contributed by atoms with Crippen molar-refractivity contribution in [2.45, 2.75) is 44.7 Å². The predicted octanol–water partition coefficient (Wildman–Crippen LogP) is 3.65. The fourth-order valence-corrected chi connectivity index (χ4v) is 6.46. The molecule has 0 radical (unpaired) electrons. The van der Waals surface area contributed by atoms with Gasteiger partial charge in [0, 0.05) is 16.5 Å². The van der Waals surface area contributed by atoms with E-state index in [4.69, 9.17) is 4.74 Å². The third-order valence-electron chi connectivity index (χ3n) is 6.53. The molecule has 37 heavy (non-hydrogen) atoms. The first-order chi connectivity index (χ1) is 17.8. The van der Waals surface area contributed by atoms with Crippen LogP contribution in [0.15, 0.2) is 74.5 Å². The molecule has 0 fully saturated rings. The summed E-state index contributed by atoms with van der Waals surface area (Å²) in [6.45, 7) is 7.61. The average Bonchev–Trinajstić information content (AvgIpc) is 3.35. The third kappa shape index (κ3) is 4.06. The summed E-state index contributed by atoms with van der Waals surface area (Å²) in [6, 6.07) is 14.5. The van der Waals surface area contributed by atoms with E-state index in [9.17, 15) is 14.4 Å². The largest absolute Gasteiger partial charge is 0.463 e. The number of para-hydroxylation sites is 1. The molecule has 5 rings (SSSR count). The highest BCUT2D eigenvalue weighted by atomic mass is 32.2. The fourth-order valence-electron chi connectivity index (χ4n) is 4.92. The van der Waals surface area contributed by atoms with E-state index >= 15 is 0 Å². The molecule has 3 aromatic rings. The van der Waals surface area contributed by atoms with E-state index < -0.39 is 12.0 Å². The first-order valence-electron chi connectivity index (χ1n) is 12.1. The molecule has 1 atom stereocenters. The lowest BCUT2D eigenvalue weighted by Crippen LogP contribution is -2.41. The summed E-state index contributed by atoms with van der Waals surface area (Å²) in [7, 11) is 0. The van der Waals surface area contributed by atoms with Crippen LogP contribution >= 0.6 is 23.1 Å². The zero-order valence-electron chi connectivity index (χ0n) is 21.3. The number of thioether (sulfide) groups is 1. The highest BCUT2D eigenvalue weighted by Gasteiger charge is 2.38. The van der Waals surface area contributed by atoms with Gasteiger partial charge < -0.3 is 9.64 Å². The number of ether oxygens (including phenoxy) is 1. The van der Waals surface area contributed by atoms with Crippen molar-refractivity contribution in [2.75, 3.05) is 17.8 Å². The van der Waals surface area contributed by atoms with E-state index in [1.165, 1.54) is 15.9 Å². The van der Waals surface area contributed by atoms with Crippen LogP contribution in [0.4, 0.5) is 5.69 Å². The number of amides is 1. The smallest absolute Gasteiger partial charge is 0.338 e. The molecule has 0 spiro atoms. The molecule has 0 unspecified atom stereocenters. The van der Waals surface area contributed by atoms with Gasteiger partial charge in [-0.2, -0.15) is 0 Å². The van der Waals surface area contributed by atoms with Crippen molar-refractivity contribution in [1.82, 2.24) is 4.57 Å². The molecule has 0 aliphatic carbocycles. The zero-order valence-corrected chi connectivity index (χ0v) is 22.9. The normalized spacial score (nSPS) is 18.2. The molecule has 3 heterocycles. The van der Waals surface area contributed by atoms with Gasteiger partial charge in [0.15, 0.2) is 4.80 Å². The maximum Gasteiger partial charge on any atom is 0.338 e. The third-order valence-corrected chi connectivity index (χ3v) is 8.33. The van der Waals surface area contributed by atoms with Crippen LogP contribution < -0.4 is 19.8 Å². The molecule has 9 heteroatoms. The standard InChI is InChI=1S/C28H27N3O4S2/c1-6-35-27(34)21-16(4)29-28-31(23(21)17-11-13-18(36-5)14-12-17)26(33)24(37-28)22-19-9-7-8-10-20(19)30(15(2)3)25(22)32/h7-15,23H,6H2,1-5H3/b24-22+/t23-/m1/s1. The summed E-state index contributed by atoms with van der Waals surface area (Å²) in [4.78, 5) is 48.8. The first-order valence-corrected chi connectivity index (χ1v) is 14.1. The van der Waals surface area contributed by atoms with Crippen LogP contribution in [0.2, 0.25) is 0 Å². The van der Waals surface area contributed by atoms with Crippen molar-refractivity contribution in [3.8, 4) is 0 Å². The van der Waals surface area contributed by atoms with E-state index in [1.807, 2.05) is 68.6 Å². The number of esters is 1. The maximum absolute atomic E-state index is 14.1. The van der Waals surface area contributed by atoms with E-state index in [-0.39, 0.29) is 24.1 Å². The second-order valence-corrected chi connectivity index (χ2v) is 10.9. The number of anilines is 1. The minimum absolute atomic E-state index is 0.0739. The Labute approximate surface area is 222 Å². The van der Waals surface area contributed by atoms with Crippen LogP contribution in [0.1, 0.15) is 44.9 Å². The van der Waals surface area contributed by atoms with Crippen molar-refractivity contribution in [1.29, 1.82) is 0 Å². The van der Waals surface area contributed by atoms with E-state index in [1.54, 1.807) is 30.5 Å². The summed E-state index contributed by atoms with van der Waals surface area (Å²) < 4.78 is 7.23. The Morgan fingerprint density at radius 1 is 1.14 bits per heavy atom. The van der Waals surface area contributed by atoms with E-state index in [0.29, 0.717) is 26.2 Å². The number of carbonyl (C=O) groups excluding carboxylic acids is 2. The monoisotopic (exact) mass is 533 g/mol. The van der Waals surface area contributed by atoms with Crippen molar-refractivity contribution in [3.05, 3.63) is 90.6 Å². The first kappa shape index (κ1) is 25.2. The van der Waals surface area contributed by atoms with Gasteiger partial charge >= 0.3 is 5.97 Å². The van der Waals surface area contributed by atoms with Crippen LogP contribution in [0.25, 0.3) is 5.57 Å². The maximum atomic E-state index is 14.1. The lowest BCUT2D eigenvalue weighted by Gasteiger charge is -2.24. The van der Waals surface area contributed by atoms with Gasteiger partial charge in [-0.15, -0.1) is 11.8 Å². The second-order valence-electron chi connectivity index (χ2n) is 9.06. The molecule has 0 saturated heterocycles. The number of carbonyl (C=O) groups is 2. The molecular weight excluding hydrogens is 506 g/mol. The second kappa shape index (κ2) is 9.79. The van der Waals surface area contributed by atoms with Crippen LogP contribution in [0.3, 0.4) is 0 Å². The van der Waals surface area contributed by atoms with Gasteiger partial charge in [-0.05, 0) is 57.7 Å². The highest BCUT2D eigenvalue weighted by Crippen LogP contribution is 2.37. The van der Waals surface area contributed by atoms with E-state index in [2.05, 4.69) is 4.99 Å². The molecule has 1 aromatic heterocycles. The summed E-state index contributed by atoms with van der Waals surface area (Å²) in [5, 5.41) is 0. The Balaban J connectivity index is 1.81. The van der Waals surface area contributed by atoms with Gasteiger partial charge in [0.25, 0.3) is 11.5 Å². The quantitative estimate of drug-likeness (QED) is 0.370. The number of aromatic nitrogens is 1. The molecule has 2 aliphatic rings. The van der Waals surface area contributed by atoms with Gasteiger partial charge in [0.2, 0.25) is 0 Å². The van der Waals surface area contributed by atoms with Crippen LogP contribution in [-0.4, -0.2) is 35.3 Å². The van der Waals surface area contributed by atoms with Crippen molar-refractivity contribution in [2.24, 2.45) is 4.99 Å². The van der Waals surface area contributed by atoms with E-state index in [0.717, 1.165) is 21.7 Å². The number of hydrogen-bond donors (Lipinski definition) is 0. The minimum Gasteiger partial charge on any atom is -0.463 e. The van der Waals surface area contributed by atoms with Crippen LogP contribution in [0, 0.1) is 0 Å². The number of nitrogens with zero attached hydrogens (tertiary/aromatic N) is 3. The summed E-state index contributed by atoms with van der Waals surface area (Å²) >= 11 is 2.80. The van der Waals surface area contributed by atoms with Gasteiger partial charge in [-0.25, -0.2) is 9.79 Å². The number of fused-ring (bicyclic) bond motifs is 2. The number of benzene rings is 2. The van der Waals surface area contributed by atoms with Crippen LogP contribution in [0.5, 0.6) is 0 Å². The molecule has 190 valence electrons. The molecule has 2 aliphatic heterocycles. The molecule has 7 nitrogen and oxygen atoms in total. The van der Waals surface area contributed by atoms with Gasteiger partial charge in [0.1, 0.15) is 4.53 Å². The molecule has 2 aromatic carbocycles. The molecule has 1 amide bonds. The van der Waals surface area contributed by atoms with Crippen molar-refractivity contribution >= 4 is 46.2 Å². The van der Waals surface area contributed by atoms with Gasteiger partial charge in [0.05, 0.1) is 35.2 Å². The number of allylic oxidation sites excluding steroid dienone is 1. The Morgan fingerprint density at radius 2 is 1.84 bits per heavy atom. The zero-order chi connectivity index (χ0) is 26.4. The summed E-state index contributed by atoms with van der Waals surface area (Å²) in [5.41, 5.74) is 3.14.